The molecule has 156 valence electrons. The minimum atomic E-state index is -2.90. The van der Waals surface area contributed by atoms with Gasteiger partial charge >= 0.3 is 12.6 Å². The van der Waals surface area contributed by atoms with Crippen LogP contribution in [-0.2, 0) is 4.74 Å². The third-order valence-corrected chi connectivity index (χ3v) is 4.57. The molecule has 0 saturated carbocycles. The number of benzene rings is 1. The summed E-state index contributed by atoms with van der Waals surface area (Å²) in [6.45, 7) is 2.20. The van der Waals surface area contributed by atoms with Crippen LogP contribution < -0.4 is 4.74 Å². The first-order valence-corrected chi connectivity index (χ1v) is 9.17. The number of pyridine rings is 1. The Bertz CT molecular complexity index is 1050. The Kier molecular flexibility index (Phi) is 6.25. The Morgan fingerprint density at radius 3 is 2.40 bits per heavy atom. The molecule has 0 bridgehead atoms. The maximum atomic E-state index is 12.9. The monoisotopic (exact) mass is 414 g/mol. The first kappa shape index (κ1) is 21.2. The molecule has 0 saturated heterocycles. The number of ether oxygens (including phenoxy) is 2. The minimum Gasteiger partial charge on any atom is -0.451 e. The summed E-state index contributed by atoms with van der Waals surface area (Å²) < 4.78 is 36.1. The number of hydrogen-bond donors (Lipinski definition) is 0. The van der Waals surface area contributed by atoms with E-state index in [-0.39, 0.29) is 17.1 Å². The van der Waals surface area contributed by atoms with Crippen LogP contribution in [0.4, 0.5) is 8.78 Å². The van der Waals surface area contributed by atoms with Gasteiger partial charge in [0.1, 0.15) is 5.75 Å². The third-order valence-electron chi connectivity index (χ3n) is 4.57. The zero-order valence-corrected chi connectivity index (χ0v) is 16.6. The summed E-state index contributed by atoms with van der Waals surface area (Å²) in [4.78, 5) is 28.9. The van der Waals surface area contributed by atoms with Crippen molar-refractivity contribution in [3.63, 3.8) is 0 Å². The Morgan fingerprint density at radius 2 is 1.80 bits per heavy atom. The molecule has 0 aliphatic rings. The molecule has 0 aliphatic carbocycles. The van der Waals surface area contributed by atoms with Crippen LogP contribution in [0.15, 0.2) is 54.9 Å². The maximum absolute atomic E-state index is 12.9. The number of rotatable bonds is 7. The van der Waals surface area contributed by atoms with E-state index >= 15 is 0 Å². The van der Waals surface area contributed by atoms with Crippen molar-refractivity contribution < 1.29 is 27.8 Å². The third kappa shape index (κ3) is 4.53. The predicted molar refractivity (Wildman–Crippen MR) is 105 cm³/mol. The van der Waals surface area contributed by atoms with Gasteiger partial charge in [-0.2, -0.15) is 8.78 Å². The molecule has 3 aromatic rings. The largest absolute Gasteiger partial charge is 0.451 e. The van der Waals surface area contributed by atoms with E-state index in [0.717, 1.165) is 5.69 Å². The van der Waals surface area contributed by atoms with E-state index in [4.69, 9.17) is 4.74 Å². The van der Waals surface area contributed by atoms with Gasteiger partial charge in [0.2, 0.25) is 5.78 Å². The number of alkyl halides is 2. The topological polar surface area (TPSA) is 70.4 Å². The highest BCUT2D eigenvalue weighted by molar-refractivity contribution is 6.02. The number of carbonyl (C=O) groups excluding carboxylic acids is 2. The average molecular weight is 414 g/mol. The van der Waals surface area contributed by atoms with Crippen molar-refractivity contribution in [3.05, 3.63) is 77.4 Å². The van der Waals surface area contributed by atoms with Gasteiger partial charge in [-0.25, -0.2) is 4.79 Å². The van der Waals surface area contributed by atoms with E-state index in [0.29, 0.717) is 16.9 Å². The molecule has 1 aromatic carbocycles. The summed E-state index contributed by atoms with van der Waals surface area (Å²) in [5.74, 6) is -0.930. The summed E-state index contributed by atoms with van der Waals surface area (Å²) in [6, 6.07) is 11.0. The molecule has 0 N–H and O–H groups in total. The highest BCUT2D eigenvalue weighted by Gasteiger charge is 2.25. The van der Waals surface area contributed by atoms with E-state index in [9.17, 15) is 18.4 Å². The lowest BCUT2D eigenvalue weighted by Crippen LogP contribution is -2.25. The molecule has 0 unspecified atom stereocenters. The number of nitrogens with zero attached hydrogens (tertiary/aromatic N) is 2. The molecular weight excluding hydrogens is 394 g/mol. The molecule has 1 atom stereocenters. The molecule has 0 fully saturated rings. The Balaban J connectivity index is 1.80. The van der Waals surface area contributed by atoms with Gasteiger partial charge in [-0.1, -0.05) is 0 Å². The number of esters is 1. The molecule has 2 aromatic heterocycles. The zero-order valence-electron chi connectivity index (χ0n) is 16.6. The normalized spacial score (nSPS) is 11.9. The highest BCUT2D eigenvalue weighted by atomic mass is 19.3. The minimum absolute atomic E-state index is 0.0449. The Morgan fingerprint density at radius 1 is 1.10 bits per heavy atom. The lowest BCUT2D eigenvalue weighted by Gasteiger charge is -2.13. The van der Waals surface area contributed by atoms with Crippen molar-refractivity contribution in [2.75, 3.05) is 0 Å². The first-order chi connectivity index (χ1) is 14.3. The molecule has 0 spiro atoms. The summed E-state index contributed by atoms with van der Waals surface area (Å²) in [6.07, 6.45) is 1.91. The van der Waals surface area contributed by atoms with Crippen molar-refractivity contribution in [1.82, 2.24) is 9.55 Å². The van der Waals surface area contributed by atoms with Crippen LogP contribution in [0.25, 0.3) is 5.69 Å². The predicted octanol–water partition coefficient (Wildman–Crippen LogP) is 4.52. The molecule has 6 nitrogen and oxygen atoms in total. The maximum Gasteiger partial charge on any atom is 0.387 e. The fourth-order valence-electron chi connectivity index (χ4n) is 3.17. The van der Waals surface area contributed by atoms with Crippen molar-refractivity contribution >= 4 is 11.8 Å². The molecule has 0 radical (unpaired) electrons. The SMILES string of the molecule is Cc1cc(C(=O)[C@H](C)OC(=O)c2cccnc2)c(C)n1-c1ccc(OC(F)F)cc1. The van der Waals surface area contributed by atoms with Crippen LogP contribution in [0.2, 0.25) is 0 Å². The summed E-state index contributed by atoms with van der Waals surface area (Å²) in [5, 5.41) is 0. The first-order valence-electron chi connectivity index (χ1n) is 9.17. The van der Waals surface area contributed by atoms with Gasteiger partial charge in [-0.3, -0.25) is 9.78 Å². The molecular formula is C22H20F2N2O4. The van der Waals surface area contributed by atoms with Gasteiger partial charge in [0, 0.05) is 35.0 Å². The van der Waals surface area contributed by atoms with Crippen LogP contribution in [0.1, 0.15) is 39.0 Å². The van der Waals surface area contributed by atoms with Gasteiger partial charge in [-0.15, -0.1) is 0 Å². The molecule has 0 amide bonds. The Hall–Kier alpha value is -3.55. The second kappa shape index (κ2) is 8.86. The quantitative estimate of drug-likeness (QED) is 0.420. The van der Waals surface area contributed by atoms with Crippen molar-refractivity contribution in [2.24, 2.45) is 0 Å². The van der Waals surface area contributed by atoms with Gasteiger partial charge in [0.25, 0.3) is 0 Å². The zero-order chi connectivity index (χ0) is 21.8. The molecule has 30 heavy (non-hydrogen) atoms. The van der Waals surface area contributed by atoms with E-state index in [2.05, 4.69) is 9.72 Å². The molecule has 3 rings (SSSR count). The Labute approximate surface area is 172 Å². The lowest BCUT2D eigenvalue weighted by molar-refractivity contribution is -0.0498. The molecule has 8 heteroatoms. The van der Waals surface area contributed by atoms with Crippen LogP contribution in [0.3, 0.4) is 0 Å². The van der Waals surface area contributed by atoms with Crippen LogP contribution in [0, 0.1) is 13.8 Å². The number of ketones is 1. The molecule has 2 heterocycles. The van der Waals surface area contributed by atoms with Gasteiger partial charge in [-0.05, 0) is 63.2 Å². The lowest BCUT2D eigenvalue weighted by atomic mass is 10.1. The van der Waals surface area contributed by atoms with E-state index < -0.39 is 18.7 Å². The number of hydrogen-bond acceptors (Lipinski definition) is 5. The average Bonchev–Trinajstić information content (AvgIpc) is 3.02. The van der Waals surface area contributed by atoms with Gasteiger partial charge in [0.15, 0.2) is 6.10 Å². The fourth-order valence-corrected chi connectivity index (χ4v) is 3.17. The van der Waals surface area contributed by atoms with Gasteiger partial charge < -0.3 is 14.0 Å². The summed E-state index contributed by atoms with van der Waals surface area (Å²) in [5.41, 5.74) is 2.76. The standard InChI is InChI=1S/C22H20F2N2O4/c1-13-11-19(20(27)15(3)29-21(28)16-5-4-10-25-12-16)14(2)26(13)17-6-8-18(9-7-17)30-22(23)24/h4-12,15,22H,1-3H3/t15-/m0/s1. The number of aryl methyl sites for hydroxylation is 1. The fraction of sp³-hybridized carbons (Fsp3) is 0.227. The van der Waals surface area contributed by atoms with Crippen molar-refractivity contribution in [1.29, 1.82) is 0 Å². The van der Waals surface area contributed by atoms with E-state index in [1.807, 2.05) is 11.5 Å². The van der Waals surface area contributed by atoms with Crippen LogP contribution >= 0.6 is 0 Å². The van der Waals surface area contributed by atoms with Crippen LogP contribution in [0.5, 0.6) is 5.75 Å². The number of aromatic nitrogens is 2. The summed E-state index contributed by atoms with van der Waals surface area (Å²) >= 11 is 0. The second-order valence-corrected chi connectivity index (χ2v) is 6.65. The van der Waals surface area contributed by atoms with Crippen LogP contribution in [-0.4, -0.2) is 34.0 Å². The number of Topliss-reactive ketones (excluding diaryl/α,β-unsaturated/α-hetero) is 1. The van der Waals surface area contributed by atoms with E-state index in [1.54, 1.807) is 37.3 Å². The molecule has 0 aliphatic heterocycles. The van der Waals surface area contributed by atoms with Crippen molar-refractivity contribution in [3.8, 4) is 11.4 Å². The smallest absolute Gasteiger partial charge is 0.387 e. The highest BCUT2D eigenvalue weighted by Crippen LogP contribution is 2.25. The number of carbonyl (C=O) groups is 2. The van der Waals surface area contributed by atoms with Crippen molar-refractivity contribution in [2.45, 2.75) is 33.5 Å². The second-order valence-electron chi connectivity index (χ2n) is 6.65. The van der Waals surface area contributed by atoms with E-state index in [1.165, 1.54) is 31.5 Å². The summed E-state index contributed by atoms with van der Waals surface area (Å²) in [7, 11) is 0. The van der Waals surface area contributed by atoms with Gasteiger partial charge in [0.05, 0.1) is 5.56 Å². The number of halogens is 2.